The summed E-state index contributed by atoms with van der Waals surface area (Å²) in [4.78, 5) is 10.4. The van der Waals surface area contributed by atoms with Gasteiger partial charge in [0, 0.05) is 19.2 Å². The van der Waals surface area contributed by atoms with Crippen molar-refractivity contribution in [3.63, 3.8) is 0 Å². The molecule has 1 fully saturated rings. The van der Waals surface area contributed by atoms with Crippen LogP contribution in [0.5, 0.6) is 0 Å². The van der Waals surface area contributed by atoms with Gasteiger partial charge in [0.1, 0.15) is 11.6 Å². The molecule has 1 aromatic rings. The fraction of sp³-hybridized carbons (Fsp3) is 0.600. The van der Waals surface area contributed by atoms with Crippen molar-refractivity contribution in [1.82, 2.24) is 9.97 Å². The van der Waals surface area contributed by atoms with Gasteiger partial charge in [0.2, 0.25) is 5.95 Å². The molecule has 1 aromatic heterocycles. The van der Waals surface area contributed by atoms with E-state index in [-0.39, 0.29) is 5.95 Å². The Morgan fingerprint density at radius 2 is 2.38 bits per heavy atom. The maximum atomic E-state index is 5.63. The SMILES string of the molecule is CCC1CCN(c2cc(NN)nc(N)n2)C1. The quantitative estimate of drug-likeness (QED) is 0.511. The third-order valence-electron chi connectivity index (χ3n) is 3.06. The Hall–Kier alpha value is -1.56. The van der Waals surface area contributed by atoms with Crippen LogP contribution in [0.1, 0.15) is 19.8 Å². The molecule has 0 saturated carbocycles. The van der Waals surface area contributed by atoms with Gasteiger partial charge in [0.15, 0.2) is 0 Å². The third-order valence-corrected chi connectivity index (χ3v) is 3.06. The lowest BCUT2D eigenvalue weighted by Gasteiger charge is -2.18. The zero-order valence-electron chi connectivity index (χ0n) is 9.48. The smallest absolute Gasteiger partial charge is 0.223 e. The molecule has 1 aliphatic rings. The van der Waals surface area contributed by atoms with Crippen molar-refractivity contribution in [2.45, 2.75) is 19.8 Å². The van der Waals surface area contributed by atoms with Crippen LogP contribution in [0.4, 0.5) is 17.6 Å². The van der Waals surface area contributed by atoms with Gasteiger partial charge in [-0.15, -0.1) is 0 Å². The summed E-state index contributed by atoms with van der Waals surface area (Å²) < 4.78 is 0. The Balaban J connectivity index is 2.17. The maximum Gasteiger partial charge on any atom is 0.223 e. The first-order valence-corrected chi connectivity index (χ1v) is 5.59. The second-order valence-corrected chi connectivity index (χ2v) is 4.12. The third kappa shape index (κ3) is 2.16. The van der Waals surface area contributed by atoms with Crippen molar-refractivity contribution >= 4 is 17.6 Å². The predicted molar refractivity (Wildman–Crippen MR) is 64.9 cm³/mol. The highest BCUT2D eigenvalue weighted by Gasteiger charge is 2.22. The van der Waals surface area contributed by atoms with Gasteiger partial charge < -0.3 is 16.1 Å². The molecule has 6 nitrogen and oxygen atoms in total. The summed E-state index contributed by atoms with van der Waals surface area (Å²) in [5.41, 5.74) is 8.12. The number of rotatable bonds is 3. The summed E-state index contributed by atoms with van der Waals surface area (Å²) in [6.45, 7) is 4.28. The first-order chi connectivity index (χ1) is 7.72. The van der Waals surface area contributed by atoms with Gasteiger partial charge in [0.25, 0.3) is 0 Å². The number of nitrogens with two attached hydrogens (primary N) is 2. The van der Waals surface area contributed by atoms with Crippen molar-refractivity contribution in [2.24, 2.45) is 11.8 Å². The van der Waals surface area contributed by atoms with E-state index in [9.17, 15) is 0 Å². The van der Waals surface area contributed by atoms with E-state index >= 15 is 0 Å². The average Bonchev–Trinajstić information content (AvgIpc) is 2.76. The molecule has 2 heterocycles. The second kappa shape index (κ2) is 4.52. The van der Waals surface area contributed by atoms with E-state index in [1.54, 1.807) is 0 Å². The van der Waals surface area contributed by atoms with Crippen LogP contribution in [0, 0.1) is 5.92 Å². The highest BCUT2D eigenvalue weighted by Crippen LogP contribution is 2.25. The minimum atomic E-state index is 0.255. The monoisotopic (exact) mass is 222 g/mol. The Kier molecular flexibility index (Phi) is 3.09. The van der Waals surface area contributed by atoms with Gasteiger partial charge in [-0.3, -0.25) is 0 Å². The summed E-state index contributed by atoms with van der Waals surface area (Å²) in [5.74, 6) is 7.75. The van der Waals surface area contributed by atoms with Crippen LogP contribution < -0.4 is 21.9 Å². The molecule has 16 heavy (non-hydrogen) atoms. The average molecular weight is 222 g/mol. The number of nitrogens with zero attached hydrogens (tertiary/aromatic N) is 3. The number of aromatic nitrogens is 2. The summed E-state index contributed by atoms with van der Waals surface area (Å²) in [5, 5.41) is 0. The van der Waals surface area contributed by atoms with Crippen LogP contribution >= 0.6 is 0 Å². The van der Waals surface area contributed by atoms with Crippen molar-refractivity contribution in [2.75, 3.05) is 29.1 Å². The highest BCUT2D eigenvalue weighted by atomic mass is 15.3. The fourth-order valence-electron chi connectivity index (χ4n) is 2.06. The van der Waals surface area contributed by atoms with Crippen LogP contribution in [-0.2, 0) is 0 Å². The standard InChI is InChI=1S/C10H18N6/c1-2-7-3-4-16(6-7)9-5-8(15-12)13-10(11)14-9/h5,7H,2-4,6,12H2,1H3,(H3,11,13,14,15). The Bertz CT molecular complexity index is 366. The lowest BCUT2D eigenvalue weighted by Crippen LogP contribution is -2.22. The molecule has 0 spiro atoms. The first-order valence-electron chi connectivity index (χ1n) is 5.59. The lowest BCUT2D eigenvalue weighted by molar-refractivity contribution is 0.568. The zero-order valence-corrected chi connectivity index (χ0v) is 9.48. The molecule has 0 amide bonds. The molecule has 0 radical (unpaired) electrons. The number of anilines is 3. The van der Waals surface area contributed by atoms with E-state index in [0.29, 0.717) is 5.82 Å². The van der Waals surface area contributed by atoms with Gasteiger partial charge in [-0.1, -0.05) is 13.3 Å². The van der Waals surface area contributed by atoms with Crippen LogP contribution in [0.15, 0.2) is 6.07 Å². The molecule has 1 saturated heterocycles. The normalized spacial score (nSPS) is 20.1. The van der Waals surface area contributed by atoms with E-state index in [2.05, 4.69) is 27.2 Å². The molecule has 0 aliphatic carbocycles. The van der Waals surface area contributed by atoms with Crippen molar-refractivity contribution in [3.8, 4) is 0 Å². The van der Waals surface area contributed by atoms with E-state index in [4.69, 9.17) is 11.6 Å². The molecule has 1 unspecified atom stereocenters. The molecule has 6 heteroatoms. The molecular formula is C10H18N6. The first kappa shape index (κ1) is 10.9. The van der Waals surface area contributed by atoms with Gasteiger partial charge >= 0.3 is 0 Å². The molecule has 0 aromatic carbocycles. The van der Waals surface area contributed by atoms with Crippen LogP contribution in [0.25, 0.3) is 0 Å². The number of hydrogen-bond donors (Lipinski definition) is 3. The number of hydrazine groups is 1. The Morgan fingerprint density at radius 3 is 3.00 bits per heavy atom. The Labute approximate surface area is 95.0 Å². The van der Waals surface area contributed by atoms with Crippen LogP contribution in [0.2, 0.25) is 0 Å². The van der Waals surface area contributed by atoms with Crippen molar-refractivity contribution in [3.05, 3.63) is 6.07 Å². The summed E-state index contributed by atoms with van der Waals surface area (Å²) >= 11 is 0. The Morgan fingerprint density at radius 1 is 1.56 bits per heavy atom. The zero-order chi connectivity index (χ0) is 11.5. The minimum absolute atomic E-state index is 0.255. The molecular weight excluding hydrogens is 204 g/mol. The van der Waals surface area contributed by atoms with Gasteiger partial charge in [-0.25, -0.2) is 5.84 Å². The number of hydrogen-bond acceptors (Lipinski definition) is 6. The summed E-state index contributed by atoms with van der Waals surface area (Å²) in [6, 6.07) is 1.83. The fourth-order valence-corrected chi connectivity index (χ4v) is 2.06. The number of nitrogens with one attached hydrogen (secondary N) is 1. The van der Waals surface area contributed by atoms with Gasteiger partial charge in [-0.05, 0) is 12.3 Å². The van der Waals surface area contributed by atoms with E-state index in [1.165, 1.54) is 12.8 Å². The second-order valence-electron chi connectivity index (χ2n) is 4.12. The molecule has 2 rings (SSSR count). The van der Waals surface area contributed by atoms with E-state index in [0.717, 1.165) is 24.8 Å². The molecule has 88 valence electrons. The summed E-state index contributed by atoms with van der Waals surface area (Å²) in [6.07, 6.45) is 2.42. The molecule has 0 bridgehead atoms. The number of nitrogen functional groups attached to an aromatic ring is 2. The highest BCUT2D eigenvalue weighted by molar-refractivity contribution is 5.52. The largest absolute Gasteiger partial charge is 0.368 e. The maximum absolute atomic E-state index is 5.63. The van der Waals surface area contributed by atoms with Crippen LogP contribution in [0.3, 0.4) is 0 Å². The van der Waals surface area contributed by atoms with E-state index in [1.807, 2.05) is 6.07 Å². The minimum Gasteiger partial charge on any atom is -0.368 e. The molecule has 1 atom stereocenters. The topological polar surface area (TPSA) is 93.1 Å². The van der Waals surface area contributed by atoms with E-state index < -0.39 is 0 Å². The predicted octanol–water partition coefficient (Wildman–Crippen LogP) is 0.581. The molecule has 5 N–H and O–H groups in total. The lowest BCUT2D eigenvalue weighted by atomic mass is 10.1. The van der Waals surface area contributed by atoms with Crippen molar-refractivity contribution in [1.29, 1.82) is 0 Å². The van der Waals surface area contributed by atoms with Crippen molar-refractivity contribution < 1.29 is 0 Å². The van der Waals surface area contributed by atoms with Gasteiger partial charge in [0.05, 0.1) is 0 Å². The summed E-state index contributed by atoms with van der Waals surface area (Å²) in [7, 11) is 0. The molecule has 1 aliphatic heterocycles. The van der Waals surface area contributed by atoms with Gasteiger partial charge in [-0.2, -0.15) is 9.97 Å². The van der Waals surface area contributed by atoms with Crippen LogP contribution in [-0.4, -0.2) is 23.1 Å².